The van der Waals surface area contributed by atoms with Crippen molar-refractivity contribution in [1.82, 2.24) is 5.32 Å². The molecular weight excluding hydrogens is 218 g/mol. The Morgan fingerprint density at radius 2 is 2.19 bits per heavy atom. The highest BCUT2D eigenvalue weighted by atomic mass is 32.1. The van der Waals surface area contributed by atoms with Gasteiger partial charge >= 0.3 is 0 Å². The van der Waals surface area contributed by atoms with Crippen molar-refractivity contribution in [3.8, 4) is 5.75 Å². The second-order valence-electron chi connectivity index (χ2n) is 3.60. The fourth-order valence-electron chi connectivity index (χ4n) is 1.49. The molecule has 0 bridgehead atoms. The molecule has 0 spiro atoms. The van der Waals surface area contributed by atoms with Crippen LogP contribution in [0.5, 0.6) is 5.75 Å². The minimum atomic E-state index is 0.645. The molecular formula is C13H15NOS. The van der Waals surface area contributed by atoms with E-state index >= 15 is 0 Å². The molecule has 2 nitrogen and oxygen atoms in total. The van der Waals surface area contributed by atoms with Gasteiger partial charge in [0, 0.05) is 6.54 Å². The van der Waals surface area contributed by atoms with Gasteiger partial charge in [-0.15, -0.1) is 0 Å². The van der Waals surface area contributed by atoms with E-state index in [0.29, 0.717) is 6.61 Å². The van der Waals surface area contributed by atoms with Crippen LogP contribution in [0.15, 0.2) is 41.1 Å². The van der Waals surface area contributed by atoms with E-state index in [1.165, 1.54) is 11.1 Å². The maximum absolute atomic E-state index is 5.72. The first-order chi connectivity index (χ1) is 7.88. The van der Waals surface area contributed by atoms with Crippen molar-refractivity contribution in [1.29, 1.82) is 0 Å². The molecule has 0 radical (unpaired) electrons. The average molecular weight is 233 g/mol. The summed E-state index contributed by atoms with van der Waals surface area (Å²) in [7, 11) is 1.94. The Hall–Kier alpha value is -1.32. The fourth-order valence-corrected chi connectivity index (χ4v) is 2.14. The van der Waals surface area contributed by atoms with Gasteiger partial charge < -0.3 is 10.1 Å². The van der Waals surface area contributed by atoms with E-state index in [4.69, 9.17) is 4.74 Å². The van der Waals surface area contributed by atoms with Crippen LogP contribution in [-0.2, 0) is 13.2 Å². The average Bonchev–Trinajstić information content (AvgIpc) is 2.80. The van der Waals surface area contributed by atoms with Crippen LogP contribution < -0.4 is 10.1 Å². The smallest absolute Gasteiger partial charge is 0.120 e. The summed E-state index contributed by atoms with van der Waals surface area (Å²) in [4.78, 5) is 0. The number of hydrogen-bond acceptors (Lipinski definition) is 3. The van der Waals surface area contributed by atoms with Gasteiger partial charge in [-0.1, -0.05) is 12.1 Å². The molecule has 2 rings (SSSR count). The van der Waals surface area contributed by atoms with Gasteiger partial charge in [0.25, 0.3) is 0 Å². The van der Waals surface area contributed by atoms with E-state index in [1.54, 1.807) is 11.3 Å². The molecule has 0 aliphatic rings. The van der Waals surface area contributed by atoms with E-state index in [1.807, 2.05) is 19.2 Å². The number of hydrogen-bond donors (Lipinski definition) is 1. The van der Waals surface area contributed by atoms with E-state index < -0.39 is 0 Å². The van der Waals surface area contributed by atoms with Crippen LogP contribution in [-0.4, -0.2) is 7.05 Å². The standard InChI is InChI=1S/C13H15NOS/c1-14-8-11-3-2-4-13(7-11)15-9-12-5-6-16-10-12/h2-7,10,14H,8-9H2,1H3. The molecule has 0 amide bonds. The van der Waals surface area contributed by atoms with Gasteiger partial charge in [0.05, 0.1) is 0 Å². The highest BCUT2D eigenvalue weighted by Gasteiger charge is 1.97. The molecule has 0 aliphatic heterocycles. The van der Waals surface area contributed by atoms with Crippen molar-refractivity contribution in [3.05, 3.63) is 52.2 Å². The molecule has 0 saturated carbocycles. The van der Waals surface area contributed by atoms with Gasteiger partial charge in [-0.3, -0.25) is 0 Å². The third-order valence-electron chi connectivity index (χ3n) is 2.26. The third kappa shape index (κ3) is 3.08. The summed E-state index contributed by atoms with van der Waals surface area (Å²) in [6, 6.07) is 10.3. The topological polar surface area (TPSA) is 21.3 Å². The fraction of sp³-hybridized carbons (Fsp3) is 0.231. The Labute approximate surface area is 99.9 Å². The van der Waals surface area contributed by atoms with Gasteiger partial charge in [-0.05, 0) is 47.1 Å². The first-order valence-corrected chi connectivity index (χ1v) is 6.20. The molecule has 84 valence electrons. The summed E-state index contributed by atoms with van der Waals surface area (Å²) in [5.74, 6) is 0.930. The Morgan fingerprint density at radius 1 is 1.25 bits per heavy atom. The summed E-state index contributed by atoms with van der Waals surface area (Å²) >= 11 is 1.70. The quantitative estimate of drug-likeness (QED) is 0.857. The summed E-state index contributed by atoms with van der Waals surface area (Å²) < 4.78 is 5.72. The van der Waals surface area contributed by atoms with Gasteiger partial charge in [0.2, 0.25) is 0 Å². The molecule has 2 aromatic rings. The van der Waals surface area contributed by atoms with Crippen molar-refractivity contribution in [2.75, 3.05) is 7.05 Å². The molecule has 3 heteroatoms. The number of ether oxygens (including phenoxy) is 1. The molecule has 1 aromatic heterocycles. The molecule has 0 atom stereocenters. The van der Waals surface area contributed by atoms with E-state index in [-0.39, 0.29) is 0 Å². The molecule has 1 heterocycles. The zero-order valence-electron chi connectivity index (χ0n) is 9.27. The molecule has 0 aliphatic carbocycles. The highest BCUT2D eigenvalue weighted by molar-refractivity contribution is 7.07. The van der Waals surface area contributed by atoms with Crippen molar-refractivity contribution in [3.63, 3.8) is 0 Å². The predicted molar refractivity (Wildman–Crippen MR) is 67.9 cm³/mol. The number of thiophene rings is 1. The minimum absolute atomic E-state index is 0.645. The second-order valence-corrected chi connectivity index (χ2v) is 4.38. The molecule has 1 aromatic carbocycles. The molecule has 16 heavy (non-hydrogen) atoms. The van der Waals surface area contributed by atoms with E-state index in [0.717, 1.165) is 12.3 Å². The van der Waals surface area contributed by atoms with Crippen LogP contribution in [0.1, 0.15) is 11.1 Å². The zero-order chi connectivity index (χ0) is 11.2. The lowest BCUT2D eigenvalue weighted by Gasteiger charge is -2.06. The van der Waals surface area contributed by atoms with Crippen LogP contribution in [0.3, 0.4) is 0 Å². The van der Waals surface area contributed by atoms with Crippen molar-refractivity contribution < 1.29 is 4.74 Å². The molecule has 0 saturated heterocycles. The Morgan fingerprint density at radius 3 is 2.94 bits per heavy atom. The van der Waals surface area contributed by atoms with E-state index in [9.17, 15) is 0 Å². The maximum atomic E-state index is 5.72. The molecule has 0 unspecified atom stereocenters. The number of rotatable bonds is 5. The lowest BCUT2D eigenvalue weighted by atomic mass is 10.2. The summed E-state index contributed by atoms with van der Waals surface area (Å²) in [5, 5.41) is 7.30. The summed E-state index contributed by atoms with van der Waals surface area (Å²) in [6.45, 7) is 1.52. The largest absolute Gasteiger partial charge is 0.489 e. The van der Waals surface area contributed by atoms with Crippen LogP contribution in [0.4, 0.5) is 0 Å². The Kier molecular flexibility index (Phi) is 3.97. The Balaban J connectivity index is 1.96. The van der Waals surface area contributed by atoms with Crippen LogP contribution in [0, 0.1) is 0 Å². The van der Waals surface area contributed by atoms with Gasteiger partial charge in [-0.2, -0.15) is 11.3 Å². The summed E-state index contributed by atoms with van der Waals surface area (Å²) in [6.07, 6.45) is 0. The minimum Gasteiger partial charge on any atom is -0.489 e. The second kappa shape index (κ2) is 5.68. The van der Waals surface area contributed by atoms with E-state index in [2.05, 4.69) is 34.3 Å². The van der Waals surface area contributed by atoms with Gasteiger partial charge in [-0.25, -0.2) is 0 Å². The van der Waals surface area contributed by atoms with Crippen molar-refractivity contribution >= 4 is 11.3 Å². The molecule has 0 fully saturated rings. The van der Waals surface area contributed by atoms with Gasteiger partial charge in [0.1, 0.15) is 12.4 Å². The predicted octanol–water partition coefficient (Wildman–Crippen LogP) is 3.05. The maximum Gasteiger partial charge on any atom is 0.120 e. The summed E-state index contributed by atoms with van der Waals surface area (Å²) in [5.41, 5.74) is 2.47. The normalized spacial score (nSPS) is 10.3. The SMILES string of the molecule is CNCc1cccc(OCc2ccsc2)c1. The lowest BCUT2D eigenvalue weighted by Crippen LogP contribution is -2.05. The number of benzene rings is 1. The van der Waals surface area contributed by atoms with Crippen molar-refractivity contribution in [2.24, 2.45) is 0 Å². The first-order valence-electron chi connectivity index (χ1n) is 5.26. The highest BCUT2D eigenvalue weighted by Crippen LogP contribution is 2.16. The Bertz CT molecular complexity index is 425. The first kappa shape index (κ1) is 11.2. The van der Waals surface area contributed by atoms with Gasteiger partial charge in [0.15, 0.2) is 0 Å². The monoisotopic (exact) mass is 233 g/mol. The van der Waals surface area contributed by atoms with Crippen LogP contribution in [0.2, 0.25) is 0 Å². The molecule has 1 N–H and O–H groups in total. The lowest BCUT2D eigenvalue weighted by molar-refractivity contribution is 0.306. The van der Waals surface area contributed by atoms with Crippen LogP contribution in [0.25, 0.3) is 0 Å². The third-order valence-corrected chi connectivity index (χ3v) is 3.00. The van der Waals surface area contributed by atoms with Crippen LogP contribution >= 0.6 is 11.3 Å². The zero-order valence-corrected chi connectivity index (χ0v) is 10.1. The number of nitrogens with one attached hydrogen (secondary N) is 1. The van der Waals surface area contributed by atoms with Crippen molar-refractivity contribution in [2.45, 2.75) is 13.2 Å².